The number of hydrogen-bond donors (Lipinski definition) is 1. The van der Waals surface area contributed by atoms with Gasteiger partial charge in [0.1, 0.15) is 5.82 Å². The fourth-order valence-electron chi connectivity index (χ4n) is 4.28. The molecule has 0 atom stereocenters. The Morgan fingerprint density at radius 3 is 2.60 bits per heavy atom. The van der Waals surface area contributed by atoms with Crippen LogP contribution in [0.5, 0.6) is 0 Å². The molecule has 7 heteroatoms. The van der Waals surface area contributed by atoms with Gasteiger partial charge in [-0.1, -0.05) is 18.2 Å². The number of aromatic nitrogens is 4. The van der Waals surface area contributed by atoms with Crippen LogP contribution in [0.15, 0.2) is 65.6 Å². The molecule has 0 radical (unpaired) electrons. The van der Waals surface area contributed by atoms with Crippen molar-refractivity contribution in [2.75, 3.05) is 13.1 Å². The normalized spacial score (nSPS) is 15.0. The number of carbonyl (C=O) groups is 1. The summed E-state index contributed by atoms with van der Waals surface area (Å²) in [5.41, 5.74) is 2.41. The highest BCUT2D eigenvalue weighted by Gasteiger charge is 2.29. The number of benzene rings is 2. The summed E-state index contributed by atoms with van der Waals surface area (Å²) in [6.07, 6.45) is 3.44. The Morgan fingerprint density at radius 1 is 1.07 bits per heavy atom. The van der Waals surface area contributed by atoms with Crippen molar-refractivity contribution in [1.82, 2.24) is 24.2 Å². The van der Waals surface area contributed by atoms with Crippen LogP contribution in [0.3, 0.4) is 0 Å². The van der Waals surface area contributed by atoms with Gasteiger partial charge in [-0.3, -0.25) is 4.79 Å². The van der Waals surface area contributed by atoms with Crippen LogP contribution >= 0.6 is 0 Å². The van der Waals surface area contributed by atoms with E-state index in [1.54, 1.807) is 11.6 Å². The molecule has 3 heterocycles. The molecule has 1 N–H and O–H groups in total. The molecular weight excluding hydrogens is 378 g/mol. The molecule has 152 valence electrons. The molecule has 0 bridgehead atoms. The van der Waals surface area contributed by atoms with E-state index in [9.17, 15) is 9.59 Å². The number of amides is 1. The van der Waals surface area contributed by atoms with E-state index in [-0.39, 0.29) is 17.5 Å². The Bertz CT molecular complexity index is 1260. The molecule has 5 rings (SSSR count). The quantitative estimate of drug-likeness (QED) is 0.573. The monoisotopic (exact) mass is 401 g/mol. The molecule has 0 saturated carbocycles. The Morgan fingerprint density at radius 2 is 1.83 bits per heavy atom. The lowest BCUT2D eigenvalue weighted by Gasteiger charge is -2.31. The lowest BCUT2D eigenvalue weighted by molar-refractivity contribution is 0.0710. The van der Waals surface area contributed by atoms with Crippen LogP contribution in [0.1, 0.15) is 34.9 Å². The van der Waals surface area contributed by atoms with Crippen molar-refractivity contribution in [3.63, 3.8) is 0 Å². The second-order valence-electron chi connectivity index (χ2n) is 7.78. The minimum absolute atomic E-state index is 0.0537. The van der Waals surface area contributed by atoms with Crippen molar-refractivity contribution >= 4 is 16.8 Å². The van der Waals surface area contributed by atoms with Gasteiger partial charge in [0.05, 0.1) is 5.69 Å². The average molecular weight is 401 g/mol. The van der Waals surface area contributed by atoms with E-state index in [4.69, 9.17) is 0 Å². The SMILES string of the molecule is Cn1nc(C2CCN(C(=O)c3ccc4[nH]ccc4c3)CC2)n(-c2ccccc2)c1=O. The molecule has 1 amide bonds. The van der Waals surface area contributed by atoms with Crippen molar-refractivity contribution < 1.29 is 4.79 Å². The number of likely N-dealkylation sites (tertiary alicyclic amines) is 1. The van der Waals surface area contributed by atoms with Gasteiger partial charge in [-0.25, -0.2) is 14.0 Å². The van der Waals surface area contributed by atoms with Gasteiger partial charge < -0.3 is 9.88 Å². The predicted octanol–water partition coefficient (Wildman–Crippen LogP) is 3.07. The van der Waals surface area contributed by atoms with Crippen LogP contribution in [-0.2, 0) is 7.05 Å². The van der Waals surface area contributed by atoms with Gasteiger partial charge in [0, 0.05) is 48.7 Å². The fraction of sp³-hybridized carbons (Fsp3) is 0.261. The number of nitrogens with one attached hydrogen (secondary N) is 1. The van der Waals surface area contributed by atoms with Crippen LogP contribution in [0, 0.1) is 0 Å². The van der Waals surface area contributed by atoms with E-state index in [1.165, 1.54) is 4.68 Å². The summed E-state index contributed by atoms with van der Waals surface area (Å²) in [6.45, 7) is 1.29. The third kappa shape index (κ3) is 3.12. The van der Waals surface area contributed by atoms with Gasteiger partial charge >= 0.3 is 5.69 Å². The molecule has 7 nitrogen and oxygen atoms in total. The Labute approximate surface area is 173 Å². The van der Waals surface area contributed by atoms with Crippen molar-refractivity contribution in [2.45, 2.75) is 18.8 Å². The molecule has 1 saturated heterocycles. The lowest BCUT2D eigenvalue weighted by Crippen LogP contribution is -2.38. The van der Waals surface area contributed by atoms with Gasteiger partial charge in [-0.05, 0) is 49.2 Å². The van der Waals surface area contributed by atoms with E-state index in [0.717, 1.165) is 35.3 Å². The summed E-state index contributed by atoms with van der Waals surface area (Å²) in [5, 5.41) is 5.56. The molecule has 1 fully saturated rings. The Balaban J connectivity index is 1.36. The highest BCUT2D eigenvalue weighted by atomic mass is 16.2. The lowest BCUT2D eigenvalue weighted by atomic mass is 9.95. The zero-order valence-electron chi connectivity index (χ0n) is 16.8. The maximum atomic E-state index is 13.0. The van der Waals surface area contributed by atoms with Crippen LogP contribution in [-0.4, -0.2) is 43.2 Å². The highest BCUT2D eigenvalue weighted by molar-refractivity contribution is 5.98. The summed E-state index contributed by atoms with van der Waals surface area (Å²) < 4.78 is 3.09. The standard InChI is InChI=1S/C23H23N5O2/c1-26-23(30)28(19-5-3-2-4-6-19)21(25-26)16-10-13-27(14-11-16)22(29)18-7-8-20-17(15-18)9-12-24-20/h2-9,12,15-16,24H,10-11,13-14H2,1H3. The van der Waals surface area contributed by atoms with Crippen LogP contribution in [0.25, 0.3) is 16.6 Å². The second-order valence-corrected chi connectivity index (χ2v) is 7.78. The number of fused-ring (bicyclic) bond motifs is 1. The van der Waals surface area contributed by atoms with E-state index in [0.29, 0.717) is 18.7 Å². The third-order valence-corrected chi connectivity index (χ3v) is 5.91. The van der Waals surface area contributed by atoms with Crippen LogP contribution in [0.2, 0.25) is 0 Å². The number of nitrogens with zero attached hydrogens (tertiary/aromatic N) is 4. The number of aromatic amines is 1. The number of hydrogen-bond acceptors (Lipinski definition) is 3. The zero-order valence-corrected chi connectivity index (χ0v) is 16.8. The molecule has 1 aliphatic rings. The van der Waals surface area contributed by atoms with Crippen molar-refractivity contribution in [2.24, 2.45) is 7.05 Å². The van der Waals surface area contributed by atoms with E-state index in [1.807, 2.05) is 65.7 Å². The first-order valence-corrected chi connectivity index (χ1v) is 10.2. The largest absolute Gasteiger partial charge is 0.361 e. The second kappa shape index (κ2) is 7.33. The highest BCUT2D eigenvalue weighted by Crippen LogP contribution is 2.28. The molecular formula is C23H23N5O2. The summed E-state index contributed by atoms with van der Waals surface area (Å²) >= 11 is 0. The maximum Gasteiger partial charge on any atom is 0.350 e. The molecule has 4 aromatic rings. The van der Waals surface area contributed by atoms with Crippen LogP contribution in [0.4, 0.5) is 0 Å². The van der Waals surface area contributed by atoms with Gasteiger partial charge in [-0.15, -0.1) is 0 Å². The number of piperidine rings is 1. The van der Waals surface area contributed by atoms with Crippen LogP contribution < -0.4 is 5.69 Å². The van der Waals surface area contributed by atoms with Crippen molar-refractivity contribution in [3.8, 4) is 5.69 Å². The Hall–Kier alpha value is -3.61. The fourth-order valence-corrected chi connectivity index (χ4v) is 4.28. The Kier molecular flexibility index (Phi) is 4.50. The number of H-pyrrole nitrogens is 1. The maximum absolute atomic E-state index is 13.0. The first-order valence-electron chi connectivity index (χ1n) is 10.2. The first kappa shape index (κ1) is 18.4. The van der Waals surface area contributed by atoms with E-state index >= 15 is 0 Å². The van der Waals surface area contributed by atoms with E-state index in [2.05, 4.69) is 10.1 Å². The summed E-state index contributed by atoms with van der Waals surface area (Å²) in [5.74, 6) is 0.961. The smallest absolute Gasteiger partial charge is 0.350 e. The molecule has 0 aliphatic carbocycles. The van der Waals surface area contributed by atoms with Crippen molar-refractivity contribution in [1.29, 1.82) is 0 Å². The number of aryl methyl sites for hydroxylation is 1. The first-order chi connectivity index (χ1) is 14.6. The number of para-hydroxylation sites is 1. The number of rotatable bonds is 3. The topological polar surface area (TPSA) is 75.9 Å². The third-order valence-electron chi connectivity index (χ3n) is 5.91. The molecule has 30 heavy (non-hydrogen) atoms. The summed E-state index contributed by atoms with van der Waals surface area (Å²) in [4.78, 5) is 30.7. The van der Waals surface area contributed by atoms with E-state index < -0.39 is 0 Å². The minimum Gasteiger partial charge on any atom is -0.361 e. The summed E-state index contributed by atoms with van der Waals surface area (Å²) in [6, 6.07) is 17.3. The molecule has 1 aliphatic heterocycles. The molecule has 2 aromatic carbocycles. The van der Waals surface area contributed by atoms with Gasteiger partial charge in [0.2, 0.25) is 0 Å². The van der Waals surface area contributed by atoms with Gasteiger partial charge in [-0.2, -0.15) is 5.10 Å². The van der Waals surface area contributed by atoms with Crippen molar-refractivity contribution in [3.05, 3.63) is 82.7 Å². The molecule has 0 spiro atoms. The minimum atomic E-state index is -0.144. The summed E-state index contributed by atoms with van der Waals surface area (Å²) in [7, 11) is 1.68. The molecule has 0 unspecified atom stereocenters. The molecule has 2 aromatic heterocycles. The zero-order chi connectivity index (χ0) is 20.7. The van der Waals surface area contributed by atoms with Gasteiger partial charge in [0.25, 0.3) is 5.91 Å². The number of carbonyl (C=O) groups excluding carboxylic acids is 1. The average Bonchev–Trinajstić information content (AvgIpc) is 3.38. The van der Waals surface area contributed by atoms with Gasteiger partial charge in [0.15, 0.2) is 0 Å². The predicted molar refractivity (Wildman–Crippen MR) is 115 cm³/mol.